The molecule has 1 N–H and O–H groups in total. The van der Waals surface area contributed by atoms with Gasteiger partial charge in [0.05, 0.1) is 5.60 Å². The van der Waals surface area contributed by atoms with Crippen LogP contribution in [0.5, 0.6) is 5.75 Å². The first-order chi connectivity index (χ1) is 12.1. The molecule has 142 valence electrons. The van der Waals surface area contributed by atoms with Gasteiger partial charge in [-0.1, -0.05) is 32.9 Å². The van der Waals surface area contributed by atoms with Crippen LogP contribution in [-0.2, 0) is 10.2 Å². The molecule has 1 aromatic rings. The number of aliphatic hydroxyl groups is 1. The lowest BCUT2D eigenvalue weighted by atomic mass is 9.61. The van der Waals surface area contributed by atoms with E-state index < -0.39 is 5.60 Å². The second-order valence-corrected chi connectivity index (χ2v) is 10.2. The molecule has 4 heteroatoms. The van der Waals surface area contributed by atoms with Gasteiger partial charge in [-0.05, 0) is 55.7 Å². The Kier molecular flexibility index (Phi) is 3.93. The molecule has 0 radical (unpaired) electrons. The molecular weight excluding hydrogens is 326 g/mol. The van der Waals surface area contributed by atoms with Crippen molar-refractivity contribution in [2.45, 2.75) is 70.5 Å². The van der Waals surface area contributed by atoms with Crippen LogP contribution in [0.4, 0.5) is 0 Å². The number of benzene rings is 1. The quantitative estimate of drug-likeness (QED) is 0.900. The Morgan fingerprint density at radius 1 is 1.12 bits per heavy atom. The van der Waals surface area contributed by atoms with Crippen LogP contribution in [0.15, 0.2) is 24.3 Å². The van der Waals surface area contributed by atoms with Gasteiger partial charge in [0.15, 0.2) is 0 Å². The van der Waals surface area contributed by atoms with E-state index in [9.17, 15) is 9.90 Å². The monoisotopic (exact) mass is 357 g/mol. The van der Waals surface area contributed by atoms with Gasteiger partial charge in [0.25, 0.3) is 0 Å². The van der Waals surface area contributed by atoms with Gasteiger partial charge in [0.2, 0.25) is 5.91 Å². The van der Waals surface area contributed by atoms with Gasteiger partial charge in [-0.25, -0.2) is 0 Å². The van der Waals surface area contributed by atoms with E-state index in [0.29, 0.717) is 12.8 Å². The number of carbonyl (C=O) groups excluding carboxylic acids is 1. The van der Waals surface area contributed by atoms with E-state index in [4.69, 9.17) is 4.74 Å². The van der Waals surface area contributed by atoms with Crippen LogP contribution < -0.4 is 4.74 Å². The van der Waals surface area contributed by atoms with Gasteiger partial charge >= 0.3 is 0 Å². The highest BCUT2D eigenvalue weighted by Crippen LogP contribution is 2.51. The SMILES string of the molecule is CC(C)(C)c1ccc(OC2CC3(C2)CN(C(=O)[C@H]2C[C@@](C)(O)C2)C3)cc1. The molecule has 26 heavy (non-hydrogen) atoms. The average Bonchev–Trinajstić information content (AvgIpc) is 2.44. The summed E-state index contributed by atoms with van der Waals surface area (Å²) in [5, 5.41) is 9.81. The molecule has 1 aliphatic heterocycles. The average molecular weight is 357 g/mol. The third-order valence-electron chi connectivity index (χ3n) is 6.43. The van der Waals surface area contributed by atoms with Crippen molar-refractivity contribution in [2.75, 3.05) is 13.1 Å². The molecule has 0 atom stereocenters. The summed E-state index contributed by atoms with van der Waals surface area (Å²) >= 11 is 0. The lowest BCUT2D eigenvalue weighted by molar-refractivity contribution is -0.174. The van der Waals surface area contributed by atoms with Crippen LogP contribution in [0.2, 0.25) is 0 Å². The Hall–Kier alpha value is -1.55. The Morgan fingerprint density at radius 3 is 2.19 bits per heavy atom. The molecule has 3 fully saturated rings. The second-order valence-electron chi connectivity index (χ2n) is 10.2. The number of rotatable bonds is 3. The maximum atomic E-state index is 12.4. The summed E-state index contributed by atoms with van der Waals surface area (Å²) in [5.74, 6) is 1.22. The Labute approximate surface area is 156 Å². The smallest absolute Gasteiger partial charge is 0.225 e. The molecule has 1 spiro atoms. The summed E-state index contributed by atoms with van der Waals surface area (Å²) in [6.45, 7) is 10.2. The fourth-order valence-electron chi connectivity index (χ4n) is 4.83. The van der Waals surface area contributed by atoms with Crippen molar-refractivity contribution < 1.29 is 14.6 Å². The normalized spacial score (nSPS) is 30.3. The summed E-state index contributed by atoms with van der Waals surface area (Å²) in [4.78, 5) is 14.4. The van der Waals surface area contributed by atoms with E-state index >= 15 is 0 Å². The molecule has 1 heterocycles. The molecule has 0 aromatic heterocycles. The molecule has 1 aromatic carbocycles. The van der Waals surface area contributed by atoms with Crippen LogP contribution in [0.3, 0.4) is 0 Å². The predicted octanol–water partition coefficient (Wildman–Crippen LogP) is 3.51. The van der Waals surface area contributed by atoms with Crippen LogP contribution in [-0.4, -0.2) is 40.7 Å². The van der Waals surface area contributed by atoms with Gasteiger partial charge in [0.1, 0.15) is 11.9 Å². The number of nitrogens with zero attached hydrogens (tertiary/aromatic N) is 1. The molecule has 0 bridgehead atoms. The zero-order valence-electron chi connectivity index (χ0n) is 16.4. The third kappa shape index (κ3) is 3.24. The van der Waals surface area contributed by atoms with Crippen molar-refractivity contribution in [3.05, 3.63) is 29.8 Å². The number of ether oxygens (including phenoxy) is 1. The van der Waals surface area contributed by atoms with Gasteiger partial charge < -0.3 is 14.7 Å². The molecule has 2 aliphatic carbocycles. The predicted molar refractivity (Wildman–Crippen MR) is 101 cm³/mol. The van der Waals surface area contributed by atoms with Gasteiger partial charge in [-0.15, -0.1) is 0 Å². The first kappa shape index (κ1) is 17.8. The molecule has 4 nitrogen and oxygen atoms in total. The molecule has 3 aliphatic rings. The van der Waals surface area contributed by atoms with Crippen LogP contribution in [0.25, 0.3) is 0 Å². The van der Waals surface area contributed by atoms with Crippen LogP contribution in [0.1, 0.15) is 58.9 Å². The molecule has 2 saturated carbocycles. The Bertz CT molecular complexity index is 679. The fraction of sp³-hybridized carbons (Fsp3) is 0.682. The number of hydrogen-bond donors (Lipinski definition) is 1. The van der Waals surface area contributed by atoms with E-state index in [0.717, 1.165) is 31.7 Å². The van der Waals surface area contributed by atoms with Crippen molar-refractivity contribution >= 4 is 5.91 Å². The lowest BCUT2D eigenvalue weighted by Gasteiger charge is -2.59. The van der Waals surface area contributed by atoms with Crippen molar-refractivity contribution in [3.63, 3.8) is 0 Å². The molecule has 1 saturated heterocycles. The molecule has 1 amide bonds. The molecular formula is C22H31NO3. The Balaban J connectivity index is 1.22. The summed E-state index contributed by atoms with van der Waals surface area (Å²) in [7, 11) is 0. The number of carbonyl (C=O) groups is 1. The van der Waals surface area contributed by atoms with Crippen molar-refractivity contribution in [2.24, 2.45) is 11.3 Å². The van der Waals surface area contributed by atoms with E-state index in [1.165, 1.54) is 5.56 Å². The number of hydrogen-bond acceptors (Lipinski definition) is 3. The van der Waals surface area contributed by atoms with Gasteiger partial charge in [-0.3, -0.25) is 4.79 Å². The summed E-state index contributed by atoms with van der Waals surface area (Å²) in [6.07, 6.45) is 3.59. The molecule has 4 rings (SSSR count). The van der Waals surface area contributed by atoms with Crippen molar-refractivity contribution in [1.29, 1.82) is 0 Å². The van der Waals surface area contributed by atoms with Crippen LogP contribution in [0, 0.1) is 11.3 Å². The molecule has 0 unspecified atom stereocenters. The summed E-state index contributed by atoms with van der Waals surface area (Å²) < 4.78 is 6.12. The zero-order chi connectivity index (χ0) is 18.7. The van der Waals surface area contributed by atoms with Crippen molar-refractivity contribution in [3.8, 4) is 5.75 Å². The minimum absolute atomic E-state index is 0.0378. The maximum absolute atomic E-state index is 12.4. The Morgan fingerprint density at radius 2 is 1.69 bits per heavy atom. The highest BCUT2D eigenvalue weighted by atomic mass is 16.5. The first-order valence-corrected chi connectivity index (χ1v) is 9.84. The fourth-order valence-corrected chi connectivity index (χ4v) is 4.83. The minimum atomic E-state index is -0.624. The maximum Gasteiger partial charge on any atom is 0.225 e. The number of likely N-dealkylation sites (tertiary alicyclic amines) is 1. The minimum Gasteiger partial charge on any atom is -0.490 e. The summed E-state index contributed by atoms with van der Waals surface area (Å²) in [6, 6.07) is 8.46. The van der Waals surface area contributed by atoms with E-state index in [1.807, 2.05) is 11.8 Å². The van der Waals surface area contributed by atoms with E-state index in [1.54, 1.807) is 0 Å². The second kappa shape index (κ2) is 5.72. The highest BCUT2D eigenvalue weighted by molar-refractivity contribution is 5.81. The van der Waals surface area contributed by atoms with Crippen LogP contribution >= 0.6 is 0 Å². The summed E-state index contributed by atoms with van der Waals surface area (Å²) in [5.41, 5.74) is 1.14. The first-order valence-electron chi connectivity index (χ1n) is 9.84. The lowest BCUT2D eigenvalue weighted by Crippen LogP contribution is -2.67. The van der Waals surface area contributed by atoms with E-state index in [2.05, 4.69) is 45.0 Å². The van der Waals surface area contributed by atoms with Crippen molar-refractivity contribution in [1.82, 2.24) is 4.90 Å². The van der Waals surface area contributed by atoms with Gasteiger partial charge in [-0.2, -0.15) is 0 Å². The topological polar surface area (TPSA) is 49.8 Å². The van der Waals surface area contributed by atoms with E-state index in [-0.39, 0.29) is 28.8 Å². The third-order valence-corrected chi connectivity index (χ3v) is 6.43. The standard InChI is InChI=1S/C22H31NO3/c1-20(2,3)16-5-7-17(8-6-16)26-18-11-22(12-18)13-23(14-22)19(24)15-9-21(4,25)10-15/h5-8,15,18,25H,9-14H2,1-4H3/t15-,21+. The number of amides is 1. The largest absolute Gasteiger partial charge is 0.490 e. The van der Waals surface area contributed by atoms with Gasteiger partial charge in [0, 0.05) is 24.4 Å². The zero-order valence-corrected chi connectivity index (χ0v) is 16.4. The highest BCUT2D eigenvalue weighted by Gasteiger charge is 2.56.